The first-order valence-corrected chi connectivity index (χ1v) is 10.1. The van der Waals surface area contributed by atoms with Crippen molar-refractivity contribution in [3.63, 3.8) is 0 Å². The summed E-state index contributed by atoms with van der Waals surface area (Å²) in [6.45, 7) is 2.13. The van der Waals surface area contributed by atoms with Crippen molar-refractivity contribution in [1.82, 2.24) is 4.90 Å². The van der Waals surface area contributed by atoms with Gasteiger partial charge in [-0.2, -0.15) is 0 Å². The molecule has 2 aromatic rings. The number of sulfonamides is 1. The number of ether oxygens (including phenoxy) is 3. The van der Waals surface area contributed by atoms with Crippen molar-refractivity contribution in [2.75, 3.05) is 45.2 Å². The van der Waals surface area contributed by atoms with Gasteiger partial charge in [0, 0.05) is 30.4 Å². The summed E-state index contributed by atoms with van der Waals surface area (Å²) in [6, 6.07) is 10.8. The molecule has 1 saturated heterocycles. The van der Waals surface area contributed by atoms with Gasteiger partial charge < -0.3 is 19.1 Å². The SMILES string of the molecule is COc1ccc(S(=O)(=O)Nc2ccc(C(=O)N3CCOCC3)cc2)c(OC)c1. The van der Waals surface area contributed by atoms with Crippen molar-refractivity contribution in [3.8, 4) is 11.5 Å². The highest BCUT2D eigenvalue weighted by Crippen LogP contribution is 2.29. The van der Waals surface area contributed by atoms with Crippen LogP contribution in [0.15, 0.2) is 47.4 Å². The molecule has 0 radical (unpaired) electrons. The van der Waals surface area contributed by atoms with Gasteiger partial charge in [0.25, 0.3) is 15.9 Å². The summed E-state index contributed by atoms with van der Waals surface area (Å²) in [5, 5.41) is 0. The Morgan fingerprint density at radius 1 is 1.04 bits per heavy atom. The summed E-state index contributed by atoms with van der Waals surface area (Å²) >= 11 is 0. The van der Waals surface area contributed by atoms with E-state index in [-0.39, 0.29) is 16.6 Å². The van der Waals surface area contributed by atoms with Crippen LogP contribution in [0.5, 0.6) is 11.5 Å². The van der Waals surface area contributed by atoms with E-state index < -0.39 is 10.0 Å². The number of benzene rings is 2. The first-order chi connectivity index (χ1) is 13.4. The van der Waals surface area contributed by atoms with E-state index in [0.717, 1.165) is 0 Å². The number of nitrogens with one attached hydrogen (secondary N) is 1. The molecule has 0 spiro atoms. The van der Waals surface area contributed by atoms with Crippen LogP contribution in [0.1, 0.15) is 10.4 Å². The second kappa shape index (κ2) is 8.49. The fourth-order valence-electron chi connectivity index (χ4n) is 2.84. The van der Waals surface area contributed by atoms with Gasteiger partial charge in [0.2, 0.25) is 0 Å². The van der Waals surface area contributed by atoms with Crippen LogP contribution in [0.2, 0.25) is 0 Å². The summed E-state index contributed by atoms with van der Waals surface area (Å²) in [4.78, 5) is 14.2. The number of hydrogen-bond donors (Lipinski definition) is 1. The quantitative estimate of drug-likeness (QED) is 0.788. The van der Waals surface area contributed by atoms with Crippen LogP contribution in [0.25, 0.3) is 0 Å². The third-order valence-corrected chi connectivity index (χ3v) is 5.76. The van der Waals surface area contributed by atoms with E-state index >= 15 is 0 Å². The highest BCUT2D eigenvalue weighted by atomic mass is 32.2. The van der Waals surface area contributed by atoms with Crippen LogP contribution in [-0.4, -0.2) is 59.7 Å². The van der Waals surface area contributed by atoms with E-state index in [2.05, 4.69) is 4.72 Å². The van der Waals surface area contributed by atoms with Crippen molar-refractivity contribution >= 4 is 21.6 Å². The minimum atomic E-state index is -3.88. The molecule has 0 aromatic heterocycles. The number of carbonyl (C=O) groups is 1. The average Bonchev–Trinajstić information content (AvgIpc) is 2.73. The predicted octanol–water partition coefficient (Wildman–Crippen LogP) is 1.98. The molecule has 0 unspecified atom stereocenters. The Kier molecular flexibility index (Phi) is 6.05. The Bertz CT molecular complexity index is 937. The van der Waals surface area contributed by atoms with Crippen molar-refractivity contribution in [2.24, 2.45) is 0 Å². The lowest BCUT2D eigenvalue weighted by atomic mass is 10.2. The molecular weight excluding hydrogens is 384 g/mol. The number of rotatable bonds is 6. The molecule has 9 heteroatoms. The average molecular weight is 406 g/mol. The Morgan fingerprint density at radius 2 is 1.71 bits per heavy atom. The third kappa shape index (κ3) is 4.37. The minimum absolute atomic E-state index is 0.00994. The molecule has 150 valence electrons. The van der Waals surface area contributed by atoms with E-state index in [4.69, 9.17) is 14.2 Å². The summed E-state index contributed by atoms with van der Waals surface area (Å²) in [5.74, 6) is 0.558. The maximum atomic E-state index is 12.7. The zero-order chi connectivity index (χ0) is 20.1. The Morgan fingerprint density at radius 3 is 2.32 bits per heavy atom. The molecule has 28 heavy (non-hydrogen) atoms. The zero-order valence-electron chi connectivity index (χ0n) is 15.7. The summed E-state index contributed by atoms with van der Waals surface area (Å²) in [5.41, 5.74) is 0.836. The fourth-order valence-corrected chi connectivity index (χ4v) is 4.05. The second-order valence-corrected chi connectivity index (χ2v) is 7.76. The monoisotopic (exact) mass is 406 g/mol. The smallest absolute Gasteiger partial charge is 0.265 e. The fraction of sp³-hybridized carbons (Fsp3) is 0.316. The molecule has 1 aliphatic heterocycles. The highest BCUT2D eigenvalue weighted by molar-refractivity contribution is 7.92. The maximum absolute atomic E-state index is 12.7. The van der Waals surface area contributed by atoms with E-state index in [0.29, 0.717) is 43.3 Å². The molecule has 1 amide bonds. The number of anilines is 1. The maximum Gasteiger partial charge on any atom is 0.265 e. The number of nitrogens with zero attached hydrogens (tertiary/aromatic N) is 1. The first kappa shape index (κ1) is 20.0. The van der Waals surface area contributed by atoms with Gasteiger partial charge in [0.1, 0.15) is 16.4 Å². The first-order valence-electron chi connectivity index (χ1n) is 8.66. The number of morpholine rings is 1. The van der Waals surface area contributed by atoms with Gasteiger partial charge in [-0.15, -0.1) is 0 Å². The van der Waals surface area contributed by atoms with Gasteiger partial charge in [-0.05, 0) is 36.4 Å². The molecule has 1 aliphatic rings. The third-order valence-electron chi connectivity index (χ3n) is 4.34. The molecule has 0 bridgehead atoms. The largest absolute Gasteiger partial charge is 0.497 e. The number of methoxy groups -OCH3 is 2. The van der Waals surface area contributed by atoms with Crippen LogP contribution in [0.3, 0.4) is 0 Å². The van der Waals surface area contributed by atoms with Crippen molar-refractivity contribution in [2.45, 2.75) is 4.90 Å². The lowest BCUT2D eigenvalue weighted by Crippen LogP contribution is -2.40. The summed E-state index contributed by atoms with van der Waals surface area (Å²) in [7, 11) is -1.00. The summed E-state index contributed by atoms with van der Waals surface area (Å²) in [6.07, 6.45) is 0. The molecule has 1 N–H and O–H groups in total. The number of carbonyl (C=O) groups excluding carboxylic acids is 1. The van der Waals surface area contributed by atoms with Gasteiger partial charge in [-0.1, -0.05) is 0 Å². The zero-order valence-corrected chi connectivity index (χ0v) is 16.5. The molecular formula is C19H22N2O6S. The van der Waals surface area contributed by atoms with Crippen LogP contribution in [-0.2, 0) is 14.8 Å². The standard InChI is InChI=1S/C19H22N2O6S/c1-25-16-7-8-18(17(13-16)26-2)28(23,24)20-15-5-3-14(4-6-15)19(22)21-9-11-27-12-10-21/h3-8,13,20H,9-12H2,1-2H3. The van der Waals surface area contributed by atoms with Crippen molar-refractivity contribution in [1.29, 1.82) is 0 Å². The molecule has 2 aromatic carbocycles. The number of hydrogen-bond acceptors (Lipinski definition) is 6. The minimum Gasteiger partial charge on any atom is -0.497 e. The Labute approximate surface area is 164 Å². The van der Waals surface area contributed by atoms with Gasteiger partial charge in [0.05, 0.1) is 27.4 Å². The van der Waals surface area contributed by atoms with Crippen LogP contribution in [0, 0.1) is 0 Å². The molecule has 0 saturated carbocycles. The molecule has 8 nitrogen and oxygen atoms in total. The van der Waals surface area contributed by atoms with Crippen LogP contribution >= 0.6 is 0 Å². The topological polar surface area (TPSA) is 94.2 Å². The summed E-state index contributed by atoms with van der Waals surface area (Å²) < 4.78 is 43.5. The van der Waals surface area contributed by atoms with Crippen LogP contribution in [0.4, 0.5) is 5.69 Å². The van der Waals surface area contributed by atoms with Gasteiger partial charge in [-0.3, -0.25) is 9.52 Å². The van der Waals surface area contributed by atoms with Crippen LogP contribution < -0.4 is 14.2 Å². The molecule has 0 atom stereocenters. The van der Waals surface area contributed by atoms with E-state index in [1.165, 1.54) is 26.4 Å². The Hall–Kier alpha value is -2.78. The van der Waals surface area contributed by atoms with Gasteiger partial charge in [-0.25, -0.2) is 8.42 Å². The van der Waals surface area contributed by atoms with E-state index in [9.17, 15) is 13.2 Å². The lowest BCUT2D eigenvalue weighted by Gasteiger charge is -2.26. The lowest BCUT2D eigenvalue weighted by molar-refractivity contribution is 0.0303. The molecule has 0 aliphatic carbocycles. The molecule has 1 fully saturated rings. The van der Waals surface area contributed by atoms with Gasteiger partial charge >= 0.3 is 0 Å². The number of amides is 1. The Balaban J connectivity index is 1.77. The molecule has 3 rings (SSSR count). The molecule has 1 heterocycles. The normalized spacial score (nSPS) is 14.4. The van der Waals surface area contributed by atoms with E-state index in [1.54, 1.807) is 35.2 Å². The second-order valence-electron chi connectivity index (χ2n) is 6.10. The van der Waals surface area contributed by atoms with Crippen molar-refractivity contribution in [3.05, 3.63) is 48.0 Å². The van der Waals surface area contributed by atoms with Crippen molar-refractivity contribution < 1.29 is 27.4 Å². The van der Waals surface area contributed by atoms with E-state index in [1.807, 2.05) is 0 Å². The van der Waals surface area contributed by atoms with Gasteiger partial charge in [0.15, 0.2) is 0 Å². The highest BCUT2D eigenvalue weighted by Gasteiger charge is 2.21. The predicted molar refractivity (Wildman–Crippen MR) is 104 cm³/mol.